The van der Waals surface area contributed by atoms with E-state index in [1.165, 1.54) is 0 Å². The van der Waals surface area contributed by atoms with Crippen molar-refractivity contribution in [1.82, 2.24) is 0 Å². The molecule has 4 fully saturated rings. The molecular formula is C30H48O4. The molecule has 4 rings (SSSR count). The molecule has 34 heavy (non-hydrogen) atoms. The molecule has 4 aliphatic rings. The van der Waals surface area contributed by atoms with E-state index in [0.29, 0.717) is 35.5 Å². The van der Waals surface area contributed by atoms with Crippen molar-refractivity contribution < 1.29 is 20.1 Å². The molecule has 0 aromatic carbocycles. The Morgan fingerprint density at radius 2 is 1.65 bits per heavy atom. The summed E-state index contributed by atoms with van der Waals surface area (Å²) in [4.78, 5) is 12.9. The molecule has 0 bridgehead atoms. The van der Waals surface area contributed by atoms with Gasteiger partial charge in [-0.25, -0.2) is 0 Å². The Hall–Kier alpha value is -0.970. The molecule has 0 saturated heterocycles. The van der Waals surface area contributed by atoms with Crippen LogP contribution in [0, 0.1) is 45.3 Å². The molecule has 0 spiro atoms. The summed E-state index contributed by atoms with van der Waals surface area (Å²) in [5, 5.41) is 32.6. The number of aliphatic hydroxyl groups excluding tert-OH is 3. The largest absolute Gasteiger partial charge is 0.393 e. The predicted molar refractivity (Wildman–Crippen MR) is 136 cm³/mol. The summed E-state index contributed by atoms with van der Waals surface area (Å²) in [6.45, 7) is 19.2. The summed E-state index contributed by atoms with van der Waals surface area (Å²) < 4.78 is 0. The van der Waals surface area contributed by atoms with Gasteiger partial charge in [0.05, 0.1) is 6.10 Å². The average Bonchev–Trinajstić information content (AvgIpc) is 3.08. The second-order valence-electron chi connectivity index (χ2n) is 13.8. The summed E-state index contributed by atoms with van der Waals surface area (Å²) >= 11 is 0. The molecule has 0 radical (unpaired) electrons. The number of carbonyl (C=O) groups is 1. The Bertz CT molecular complexity index is 888. The molecule has 4 saturated carbocycles. The summed E-state index contributed by atoms with van der Waals surface area (Å²) in [7, 11) is 0. The first kappa shape index (κ1) is 26.1. The van der Waals surface area contributed by atoms with Crippen molar-refractivity contribution in [2.24, 2.45) is 45.3 Å². The Morgan fingerprint density at radius 3 is 2.26 bits per heavy atom. The Balaban J connectivity index is 1.68. The van der Waals surface area contributed by atoms with Gasteiger partial charge in [-0.05, 0) is 97.9 Å². The quantitative estimate of drug-likeness (QED) is 0.475. The molecule has 0 aromatic heterocycles. The van der Waals surface area contributed by atoms with Crippen LogP contribution in [0.1, 0.15) is 93.4 Å². The minimum absolute atomic E-state index is 0.0158. The molecule has 0 aromatic rings. The summed E-state index contributed by atoms with van der Waals surface area (Å²) in [5.41, 5.74) is 1.47. The minimum Gasteiger partial charge on any atom is -0.393 e. The third-order valence-electron chi connectivity index (χ3n) is 11.9. The van der Waals surface area contributed by atoms with Gasteiger partial charge in [0.15, 0.2) is 0 Å². The van der Waals surface area contributed by atoms with Crippen LogP contribution in [0.25, 0.3) is 0 Å². The maximum absolute atomic E-state index is 12.9. The lowest BCUT2D eigenvalue weighted by Gasteiger charge is -2.70. The van der Waals surface area contributed by atoms with Gasteiger partial charge in [-0.3, -0.25) is 4.79 Å². The summed E-state index contributed by atoms with van der Waals surface area (Å²) in [5.74, 6) is 1.58. The first-order valence-corrected chi connectivity index (χ1v) is 13.5. The Morgan fingerprint density at radius 1 is 1.03 bits per heavy atom. The van der Waals surface area contributed by atoms with Gasteiger partial charge in [0.1, 0.15) is 18.0 Å². The number of aliphatic hydroxyl groups is 3. The van der Waals surface area contributed by atoms with E-state index >= 15 is 0 Å². The van der Waals surface area contributed by atoms with Crippen molar-refractivity contribution in [3.05, 3.63) is 23.8 Å². The van der Waals surface area contributed by atoms with Crippen LogP contribution < -0.4 is 0 Å². The predicted octanol–water partition coefficient (Wildman–Crippen LogP) is 5.46. The van der Waals surface area contributed by atoms with E-state index in [9.17, 15) is 20.1 Å². The third-order valence-corrected chi connectivity index (χ3v) is 11.9. The number of ketones is 1. The molecule has 2 unspecified atom stereocenters. The van der Waals surface area contributed by atoms with E-state index in [1.807, 2.05) is 6.08 Å². The van der Waals surface area contributed by atoms with Crippen LogP contribution in [-0.2, 0) is 4.79 Å². The SMILES string of the molecule is C=C(C)C(O)C(O)/C=C(\C)[C@H]1CC[C@]2(C)[C@@H]1C[C@@H](O)[C@@H]1[C@@]3(C)CCC(=O)C(C)(C)[C@@H]3CC[C@]12C. The minimum atomic E-state index is -0.950. The molecule has 0 heterocycles. The molecule has 0 amide bonds. The highest BCUT2D eigenvalue weighted by Crippen LogP contribution is 2.75. The number of hydrogen-bond donors (Lipinski definition) is 3. The molecule has 4 heteroatoms. The lowest BCUT2D eigenvalue weighted by Crippen LogP contribution is -2.66. The van der Waals surface area contributed by atoms with Crippen molar-refractivity contribution in [3.8, 4) is 0 Å². The zero-order chi connectivity index (χ0) is 25.4. The zero-order valence-electron chi connectivity index (χ0n) is 22.5. The molecular weight excluding hydrogens is 424 g/mol. The van der Waals surface area contributed by atoms with Gasteiger partial charge < -0.3 is 15.3 Å². The van der Waals surface area contributed by atoms with Crippen molar-refractivity contribution in [2.75, 3.05) is 0 Å². The fourth-order valence-corrected chi connectivity index (χ4v) is 9.93. The van der Waals surface area contributed by atoms with Crippen LogP contribution in [0.3, 0.4) is 0 Å². The fourth-order valence-electron chi connectivity index (χ4n) is 9.93. The van der Waals surface area contributed by atoms with Crippen LogP contribution in [-0.4, -0.2) is 39.4 Å². The van der Waals surface area contributed by atoms with Gasteiger partial charge in [-0.1, -0.05) is 52.8 Å². The van der Waals surface area contributed by atoms with Crippen molar-refractivity contribution in [3.63, 3.8) is 0 Å². The molecule has 192 valence electrons. The van der Waals surface area contributed by atoms with Crippen LogP contribution in [0.5, 0.6) is 0 Å². The molecule has 4 nitrogen and oxygen atoms in total. The van der Waals surface area contributed by atoms with Gasteiger partial charge in [-0.2, -0.15) is 0 Å². The second-order valence-corrected chi connectivity index (χ2v) is 13.8. The molecule has 4 aliphatic carbocycles. The third kappa shape index (κ3) is 3.45. The highest BCUT2D eigenvalue weighted by atomic mass is 16.3. The van der Waals surface area contributed by atoms with E-state index in [4.69, 9.17) is 0 Å². The van der Waals surface area contributed by atoms with Crippen molar-refractivity contribution in [2.45, 2.75) is 112 Å². The maximum atomic E-state index is 12.9. The van der Waals surface area contributed by atoms with Gasteiger partial charge in [0.25, 0.3) is 0 Å². The van der Waals surface area contributed by atoms with Crippen molar-refractivity contribution >= 4 is 5.78 Å². The highest BCUT2D eigenvalue weighted by molar-refractivity contribution is 5.85. The van der Waals surface area contributed by atoms with Crippen LogP contribution >= 0.6 is 0 Å². The number of allylic oxidation sites excluding steroid dienone is 1. The zero-order valence-corrected chi connectivity index (χ0v) is 22.5. The van der Waals surface area contributed by atoms with Gasteiger partial charge in [0.2, 0.25) is 0 Å². The maximum Gasteiger partial charge on any atom is 0.138 e. The van der Waals surface area contributed by atoms with Gasteiger partial charge in [-0.15, -0.1) is 0 Å². The number of fused-ring (bicyclic) bond motifs is 5. The smallest absolute Gasteiger partial charge is 0.138 e. The van der Waals surface area contributed by atoms with E-state index < -0.39 is 12.2 Å². The van der Waals surface area contributed by atoms with E-state index in [1.54, 1.807) is 6.92 Å². The average molecular weight is 473 g/mol. The lowest BCUT2D eigenvalue weighted by atomic mass is 9.35. The van der Waals surface area contributed by atoms with E-state index in [0.717, 1.165) is 44.1 Å². The van der Waals surface area contributed by atoms with Crippen LogP contribution in [0.2, 0.25) is 0 Å². The lowest BCUT2D eigenvalue weighted by molar-refractivity contribution is -0.236. The monoisotopic (exact) mass is 472 g/mol. The standard InChI is InChI=1S/C30H48O4/c1-17(2)25(34)21(31)15-18(3)19-9-13-29(7)20(19)16-22(32)26-28(6)12-11-24(33)27(4,5)23(28)10-14-30(26,29)8/h15,19-23,25-26,31-32,34H,1,9-14,16H2,2-8H3/b18-15+/t19-,20-,21?,22-,23+,25?,26-,28+,29-,30-/m1/s1. The number of hydrogen-bond acceptors (Lipinski definition) is 4. The number of Topliss-reactive ketones (excluding diaryl/α,β-unsaturated/α-hetero) is 1. The molecule has 10 atom stereocenters. The molecule has 3 N–H and O–H groups in total. The van der Waals surface area contributed by atoms with Gasteiger partial charge >= 0.3 is 0 Å². The van der Waals surface area contributed by atoms with E-state index in [-0.39, 0.29) is 33.7 Å². The Labute approximate surface area is 206 Å². The Kier molecular flexibility index (Phi) is 6.36. The summed E-state index contributed by atoms with van der Waals surface area (Å²) in [6.07, 6.45) is 6.15. The number of rotatable bonds is 4. The van der Waals surface area contributed by atoms with Crippen LogP contribution in [0.4, 0.5) is 0 Å². The van der Waals surface area contributed by atoms with Gasteiger partial charge in [0, 0.05) is 11.8 Å². The second kappa shape index (κ2) is 8.28. The van der Waals surface area contributed by atoms with E-state index in [2.05, 4.69) is 48.1 Å². The fraction of sp³-hybridized carbons (Fsp3) is 0.833. The summed E-state index contributed by atoms with van der Waals surface area (Å²) in [6, 6.07) is 0. The van der Waals surface area contributed by atoms with Crippen molar-refractivity contribution in [1.29, 1.82) is 0 Å². The highest BCUT2D eigenvalue weighted by Gasteiger charge is 2.70. The topological polar surface area (TPSA) is 77.8 Å². The molecule has 0 aliphatic heterocycles. The first-order chi connectivity index (χ1) is 15.6. The normalized spacial score (nSPS) is 47.9. The van der Waals surface area contributed by atoms with Crippen LogP contribution in [0.15, 0.2) is 23.8 Å². The number of carbonyl (C=O) groups excluding carboxylic acids is 1. The first-order valence-electron chi connectivity index (χ1n) is 13.5.